The Morgan fingerprint density at radius 3 is 2.59 bits per heavy atom. The molecule has 0 radical (unpaired) electrons. The fraction of sp³-hybridized carbons (Fsp3) is 0.333. The highest BCUT2D eigenvalue weighted by atomic mass is 32.1. The standard InChI is InChI=1S/C15H19NS/c1-2-7-14(8-3-1)13-16-11-5-4-9-15-10-6-12-17-15/h1-3,6-8,10,12,16H,4-5,9,11,13H2. The van der Waals surface area contributed by atoms with E-state index in [-0.39, 0.29) is 0 Å². The molecule has 1 aromatic heterocycles. The van der Waals surface area contributed by atoms with Gasteiger partial charge in [0, 0.05) is 11.4 Å². The molecule has 0 bridgehead atoms. The predicted octanol–water partition coefficient (Wildman–Crippen LogP) is 3.86. The zero-order chi connectivity index (χ0) is 11.8. The summed E-state index contributed by atoms with van der Waals surface area (Å²) < 4.78 is 0. The fourth-order valence-corrected chi connectivity index (χ4v) is 2.58. The van der Waals surface area contributed by atoms with Crippen LogP contribution in [0.2, 0.25) is 0 Å². The molecule has 1 aromatic carbocycles. The highest BCUT2D eigenvalue weighted by Gasteiger charge is 1.94. The first-order valence-electron chi connectivity index (χ1n) is 6.22. The van der Waals surface area contributed by atoms with Crippen molar-refractivity contribution in [2.45, 2.75) is 25.8 Å². The van der Waals surface area contributed by atoms with Crippen molar-refractivity contribution in [2.75, 3.05) is 6.54 Å². The second-order valence-electron chi connectivity index (χ2n) is 4.20. The van der Waals surface area contributed by atoms with Crippen LogP contribution in [0.1, 0.15) is 23.3 Å². The lowest BCUT2D eigenvalue weighted by Crippen LogP contribution is -2.14. The molecule has 2 rings (SSSR count). The Balaban J connectivity index is 1.52. The lowest BCUT2D eigenvalue weighted by Gasteiger charge is -2.04. The summed E-state index contributed by atoms with van der Waals surface area (Å²) in [5.74, 6) is 0. The van der Waals surface area contributed by atoms with Crippen molar-refractivity contribution in [1.29, 1.82) is 0 Å². The molecule has 0 aliphatic carbocycles. The second-order valence-corrected chi connectivity index (χ2v) is 5.23. The van der Waals surface area contributed by atoms with Crippen LogP contribution in [0, 0.1) is 0 Å². The second kappa shape index (κ2) is 7.25. The van der Waals surface area contributed by atoms with Gasteiger partial charge in [-0.05, 0) is 42.8 Å². The summed E-state index contributed by atoms with van der Waals surface area (Å²) in [7, 11) is 0. The first-order valence-corrected chi connectivity index (χ1v) is 7.10. The van der Waals surface area contributed by atoms with Crippen LogP contribution in [0.5, 0.6) is 0 Å². The summed E-state index contributed by atoms with van der Waals surface area (Å²) in [6.45, 7) is 2.10. The molecule has 0 atom stereocenters. The highest BCUT2D eigenvalue weighted by Crippen LogP contribution is 2.11. The van der Waals surface area contributed by atoms with E-state index in [1.807, 2.05) is 11.3 Å². The van der Waals surface area contributed by atoms with E-state index in [9.17, 15) is 0 Å². The molecule has 17 heavy (non-hydrogen) atoms. The molecule has 1 N–H and O–H groups in total. The average Bonchev–Trinajstić information content (AvgIpc) is 2.88. The van der Waals surface area contributed by atoms with Gasteiger partial charge < -0.3 is 5.32 Å². The smallest absolute Gasteiger partial charge is 0.0205 e. The maximum absolute atomic E-state index is 3.49. The van der Waals surface area contributed by atoms with Gasteiger partial charge in [0.05, 0.1) is 0 Å². The molecule has 2 aromatic rings. The van der Waals surface area contributed by atoms with Gasteiger partial charge in [0.25, 0.3) is 0 Å². The minimum absolute atomic E-state index is 0.986. The van der Waals surface area contributed by atoms with Gasteiger partial charge in [-0.25, -0.2) is 0 Å². The molecule has 0 fully saturated rings. The third kappa shape index (κ3) is 4.72. The van der Waals surface area contributed by atoms with Crippen LogP contribution < -0.4 is 5.32 Å². The Hall–Kier alpha value is -1.12. The Bertz CT molecular complexity index is 394. The number of benzene rings is 1. The SMILES string of the molecule is c1ccc(CNCCCCc2cccs2)cc1. The molecule has 0 saturated heterocycles. The monoisotopic (exact) mass is 245 g/mol. The normalized spacial score (nSPS) is 10.6. The molecule has 2 heteroatoms. The summed E-state index contributed by atoms with van der Waals surface area (Å²) in [5.41, 5.74) is 1.37. The summed E-state index contributed by atoms with van der Waals surface area (Å²) in [5, 5.41) is 5.64. The van der Waals surface area contributed by atoms with Gasteiger partial charge >= 0.3 is 0 Å². The molecule has 0 spiro atoms. The van der Waals surface area contributed by atoms with E-state index in [1.54, 1.807) is 0 Å². The molecule has 90 valence electrons. The van der Waals surface area contributed by atoms with Gasteiger partial charge in [0.2, 0.25) is 0 Å². The molecule has 0 aliphatic heterocycles. The number of thiophene rings is 1. The van der Waals surface area contributed by atoms with Crippen molar-refractivity contribution >= 4 is 11.3 Å². The van der Waals surface area contributed by atoms with E-state index in [4.69, 9.17) is 0 Å². The van der Waals surface area contributed by atoms with Crippen LogP contribution in [-0.2, 0) is 13.0 Å². The van der Waals surface area contributed by atoms with Gasteiger partial charge in [-0.2, -0.15) is 0 Å². The largest absolute Gasteiger partial charge is 0.313 e. The minimum Gasteiger partial charge on any atom is -0.313 e. The van der Waals surface area contributed by atoms with Crippen molar-refractivity contribution in [1.82, 2.24) is 5.32 Å². The lowest BCUT2D eigenvalue weighted by molar-refractivity contribution is 0.624. The summed E-state index contributed by atoms with van der Waals surface area (Å²) in [6, 6.07) is 14.9. The maximum atomic E-state index is 3.49. The Morgan fingerprint density at radius 1 is 0.941 bits per heavy atom. The third-order valence-electron chi connectivity index (χ3n) is 2.78. The van der Waals surface area contributed by atoms with Crippen LogP contribution in [0.4, 0.5) is 0 Å². The van der Waals surface area contributed by atoms with Crippen molar-refractivity contribution in [3.63, 3.8) is 0 Å². The number of hydrogen-bond acceptors (Lipinski definition) is 2. The van der Waals surface area contributed by atoms with E-state index in [0.29, 0.717) is 0 Å². The van der Waals surface area contributed by atoms with Crippen LogP contribution in [0.3, 0.4) is 0 Å². The fourth-order valence-electron chi connectivity index (χ4n) is 1.83. The molecule has 1 heterocycles. The lowest BCUT2D eigenvalue weighted by atomic mass is 10.2. The molecule has 0 saturated carbocycles. The maximum Gasteiger partial charge on any atom is 0.0205 e. The van der Waals surface area contributed by atoms with Crippen LogP contribution in [0.25, 0.3) is 0 Å². The number of unbranched alkanes of at least 4 members (excludes halogenated alkanes) is 1. The summed E-state index contributed by atoms with van der Waals surface area (Å²) in [4.78, 5) is 1.51. The molecular weight excluding hydrogens is 226 g/mol. The highest BCUT2D eigenvalue weighted by molar-refractivity contribution is 7.09. The summed E-state index contributed by atoms with van der Waals surface area (Å²) in [6.07, 6.45) is 3.76. The molecule has 0 unspecified atom stereocenters. The zero-order valence-corrected chi connectivity index (χ0v) is 10.9. The Kier molecular flexibility index (Phi) is 5.27. The number of nitrogens with one attached hydrogen (secondary N) is 1. The Labute approximate surface area is 108 Å². The van der Waals surface area contributed by atoms with Gasteiger partial charge in [0.15, 0.2) is 0 Å². The number of hydrogen-bond donors (Lipinski definition) is 1. The topological polar surface area (TPSA) is 12.0 Å². The molecule has 0 amide bonds. The van der Waals surface area contributed by atoms with E-state index < -0.39 is 0 Å². The van der Waals surface area contributed by atoms with E-state index in [2.05, 4.69) is 53.2 Å². The van der Waals surface area contributed by atoms with Crippen molar-refractivity contribution in [3.05, 3.63) is 58.3 Å². The van der Waals surface area contributed by atoms with Crippen molar-refractivity contribution in [2.24, 2.45) is 0 Å². The average molecular weight is 245 g/mol. The molecule has 1 nitrogen and oxygen atoms in total. The molecule has 0 aliphatic rings. The first kappa shape index (κ1) is 12.3. The minimum atomic E-state index is 0.986. The number of aryl methyl sites for hydroxylation is 1. The Morgan fingerprint density at radius 2 is 1.82 bits per heavy atom. The van der Waals surface area contributed by atoms with E-state index >= 15 is 0 Å². The third-order valence-corrected chi connectivity index (χ3v) is 3.71. The van der Waals surface area contributed by atoms with Crippen molar-refractivity contribution < 1.29 is 0 Å². The predicted molar refractivity (Wildman–Crippen MR) is 75.4 cm³/mol. The van der Waals surface area contributed by atoms with Crippen LogP contribution in [0.15, 0.2) is 47.8 Å². The number of rotatable bonds is 7. The van der Waals surface area contributed by atoms with Gasteiger partial charge in [-0.3, -0.25) is 0 Å². The van der Waals surface area contributed by atoms with Gasteiger partial charge in [-0.1, -0.05) is 36.4 Å². The van der Waals surface area contributed by atoms with Crippen LogP contribution in [-0.4, -0.2) is 6.54 Å². The van der Waals surface area contributed by atoms with Crippen LogP contribution >= 0.6 is 11.3 Å². The van der Waals surface area contributed by atoms with Gasteiger partial charge in [0.1, 0.15) is 0 Å². The molecular formula is C15H19NS. The van der Waals surface area contributed by atoms with Gasteiger partial charge in [-0.15, -0.1) is 11.3 Å². The zero-order valence-electron chi connectivity index (χ0n) is 10.1. The van der Waals surface area contributed by atoms with Crippen molar-refractivity contribution in [3.8, 4) is 0 Å². The summed E-state index contributed by atoms with van der Waals surface area (Å²) >= 11 is 1.86. The van der Waals surface area contributed by atoms with E-state index in [0.717, 1.165) is 13.1 Å². The first-order chi connectivity index (χ1) is 8.45. The quantitative estimate of drug-likeness (QED) is 0.730. The van der Waals surface area contributed by atoms with E-state index in [1.165, 1.54) is 29.7 Å².